The Labute approximate surface area is 245 Å². The fourth-order valence-electron chi connectivity index (χ4n) is 6.44. The van der Waals surface area contributed by atoms with Gasteiger partial charge in [-0.15, -0.1) is 0 Å². The van der Waals surface area contributed by atoms with Gasteiger partial charge in [0, 0.05) is 37.4 Å². The molecule has 3 aliphatic heterocycles. The van der Waals surface area contributed by atoms with Crippen molar-refractivity contribution in [3.8, 4) is 0 Å². The first-order chi connectivity index (χ1) is 20.5. The van der Waals surface area contributed by atoms with Gasteiger partial charge in [-0.1, -0.05) is 30.3 Å². The quantitative estimate of drug-likeness (QED) is 0.367. The topological polar surface area (TPSA) is 85.2 Å². The first-order valence-electron chi connectivity index (χ1n) is 14.3. The number of nitrogens with zero attached hydrogens (tertiary/aromatic N) is 6. The number of para-hydroxylation sites is 1. The number of urea groups is 1. The molecule has 6 rings (SSSR count). The molecule has 1 aromatic heterocycles. The van der Waals surface area contributed by atoms with E-state index in [9.17, 15) is 32.3 Å². The van der Waals surface area contributed by atoms with Crippen LogP contribution in [0, 0.1) is 12.7 Å². The Bertz CT molecular complexity index is 1510. The molecule has 0 radical (unpaired) electrons. The van der Waals surface area contributed by atoms with Gasteiger partial charge in [-0.05, 0) is 49.4 Å². The number of alkyl halides is 3. The molecule has 0 unspecified atom stereocenters. The number of hydrogen-bond acceptors (Lipinski definition) is 4. The maximum Gasteiger partial charge on any atom is 0.416 e. The molecule has 43 heavy (non-hydrogen) atoms. The van der Waals surface area contributed by atoms with E-state index in [2.05, 4.69) is 5.10 Å². The summed E-state index contributed by atoms with van der Waals surface area (Å²) >= 11 is 0. The summed E-state index contributed by atoms with van der Waals surface area (Å²) in [6.45, 7) is 3.50. The molecule has 0 bridgehead atoms. The zero-order valence-electron chi connectivity index (χ0n) is 23.6. The summed E-state index contributed by atoms with van der Waals surface area (Å²) in [7, 11) is 0. The van der Waals surface area contributed by atoms with Gasteiger partial charge in [0.15, 0.2) is 5.82 Å². The maximum absolute atomic E-state index is 14.6. The Morgan fingerprint density at radius 2 is 1.79 bits per heavy atom. The number of carbonyl (C=O) groups is 2. The highest BCUT2D eigenvalue weighted by Gasteiger charge is 2.41. The molecular formula is C30H32F4N6O3. The van der Waals surface area contributed by atoms with Crippen LogP contribution in [0.1, 0.15) is 41.5 Å². The molecule has 9 nitrogen and oxygen atoms in total. The second kappa shape index (κ2) is 11.1. The second-order valence-corrected chi connectivity index (χ2v) is 11.4. The number of carboxylic acid groups (broad SMARTS) is 1. The Kier molecular flexibility index (Phi) is 7.43. The smallest absolute Gasteiger partial charge is 0.416 e. The second-order valence-electron chi connectivity index (χ2n) is 11.4. The molecule has 3 aliphatic rings. The Balaban J connectivity index is 1.28. The van der Waals surface area contributed by atoms with Gasteiger partial charge < -0.3 is 19.8 Å². The highest BCUT2D eigenvalue weighted by atomic mass is 19.4. The van der Waals surface area contributed by atoms with Gasteiger partial charge in [-0.3, -0.25) is 9.58 Å². The van der Waals surface area contributed by atoms with Crippen LogP contribution in [0.2, 0.25) is 0 Å². The monoisotopic (exact) mass is 600 g/mol. The Morgan fingerprint density at radius 3 is 2.44 bits per heavy atom. The van der Waals surface area contributed by atoms with E-state index < -0.39 is 23.9 Å². The van der Waals surface area contributed by atoms with E-state index in [1.54, 1.807) is 21.8 Å². The van der Waals surface area contributed by atoms with Crippen molar-refractivity contribution < 1.29 is 32.3 Å². The van der Waals surface area contributed by atoms with E-state index in [0.717, 1.165) is 11.6 Å². The molecule has 3 amide bonds. The largest absolute Gasteiger partial charge is 0.465 e. The molecule has 0 spiro atoms. The molecule has 0 saturated carbocycles. The van der Waals surface area contributed by atoms with Crippen molar-refractivity contribution in [2.24, 2.45) is 0 Å². The van der Waals surface area contributed by atoms with E-state index in [4.69, 9.17) is 0 Å². The summed E-state index contributed by atoms with van der Waals surface area (Å²) < 4.78 is 57.9. The number of aromatic nitrogens is 2. The first kappa shape index (κ1) is 28.8. The predicted molar refractivity (Wildman–Crippen MR) is 150 cm³/mol. The van der Waals surface area contributed by atoms with E-state index in [0.29, 0.717) is 50.1 Å². The van der Waals surface area contributed by atoms with Crippen molar-refractivity contribution in [1.82, 2.24) is 19.6 Å². The highest BCUT2D eigenvalue weighted by molar-refractivity contribution is 5.94. The van der Waals surface area contributed by atoms with Crippen LogP contribution in [0.5, 0.6) is 0 Å². The number of benzene rings is 2. The molecule has 2 fully saturated rings. The summed E-state index contributed by atoms with van der Waals surface area (Å²) in [5.41, 5.74) is 1.18. The molecule has 1 atom stereocenters. The zero-order chi connectivity index (χ0) is 30.5. The predicted octanol–water partition coefficient (Wildman–Crippen LogP) is 5.71. The van der Waals surface area contributed by atoms with E-state index in [-0.39, 0.29) is 48.9 Å². The normalized spacial score (nSPS) is 19.5. The number of aryl methyl sites for hydroxylation is 1. The van der Waals surface area contributed by atoms with Crippen molar-refractivity contribution in [2.45, 2.75) is 64.1 Å². The lowest BCUT2D eigenvalue weighted by Gasteiger charge is -2.43. The van der Waals surface area contributed by atoms with Gasteiger partial charge in [-0.2, -0.15) is 18.3 Å². The summed E-state index contributed by atoms with van der Waals surface area (Å²) in [5, 5.41) is 14.0. The number of rotatable bonds is 6. The molecular weight excluding hydrogens is 568 g/mol. The van der Waals surface area contributed by atoms with Crippen molar-refractivity contribution in [3.63, 3.8) is 0 Å². The molecule has 4 heterocycles. The minimum atomic E-state index is -4.60. The summed E-state index contributed by atoms with van der Waals surface area (Å²) in [6, 6.07) is 9.22. The van der Waals surface area contributed by atoms with Crippen molar-refractivity contribution in [3.05, 3.63) is 76.7 Å². The molecule has 13 heteroatoms. The number of fused-ring (bicyclic) bond motifs is 1. The van der Waals surface area contributed by atoms with Crippen LogP contribution in [0.15, 0.2) is 48.7 Å². The lowest BCUT2D eigenvalue weighted by Crippen LogP contribution is -2.54. The third-order valence-electron chi connectivity index (χ3n) is 8.74. The van der Waals surface area contributed by atoms with Crippen LogP contribution in [0.4, 0.5) is 38.7 Å². The number of carbonyl (C=O) groups excluding carboxylic acids is 1. The molecule has 3 aromatic rings. The van der Waals surface area contributed by atoms with Crippen molar-refractivity contribution in [2.75, 3.05) is 29.4 Å². The molecule has 2 aromatic carbocycles. The fourth-order valence-corrected chi connectivity index (χ4v) is 6.44. The van der Waals surface area contributed by atoms with Crippen LogP contribution >= 0.6 is 0 Å². The van der Waals surface area contributed by atoms with Gasteiger partial charge in [0.25, 0.3) is 0 Å². The molecule has 1 N–H and O–H groups in total. The van der Waals surface area contributed by atoms with Gasteiger partial charge >= 0.3 is 18.3 Å². The van der Waals surface area contributed by atoms with Gasteiger partial charge in [0.2, 0.25) is 0 Å². The van der Waals surface area contributed by atoms with E-state index >= 15 is 0 Å². The zero-order valence-corrected chi connectivity index (χ0v) is 23.6. The van der Waals surface area contributed by atoms with Crippen LogP contribution in [-0.4, -0.2) is 68.5 Å². The minimum Gasteiger partial charge on any atom is -0.465 e. The third kappa shape index (κ3) is 5.48. The summed E-state index contributed by atoms with van der Waals surface area (Å²) in [4.78, 5) is 31.8. The van der Waals surface area contributed by atoms with Gasteiger partial charge in [-0.25, -0.2) is 14.0 Å². The molecule has 0 aliphatic carbocycles. The lowest BCUT2D eigenvalue weighted by molar-refractivity contribution is -0.138. The average molecular weight is 601 g/mol. The standard InChI is InChI=1S/C30H32F4N6O3/c1-19-5-4-8-25(31)26(19)36-12-9-22(10-13-36)39-17-21-15-37(18-23-11-14-38(23)29(42)43)35-27(21)40(28(39)41)16-20-6-2-3-7-24(20)30(32,33)34/h2-8,15,22-23H,9-14,16-18H2,1H3,(H,42,43)/t23-/m0/s1. The third-order valence-corrected chi connectivity index (χ3v) is 8.74. The average Bonchev–Trinajstić information content (AvgIpc) is 3.35. The molecule has 228 valence electrons. The first-order valence-corrected chi connectivity index (χ1v) is 14.3. The van der Waals surface area contributed by atoms with Gasteiger partial charge in [0.05, 0.1) is 36.9 Å². The van der Waals surface area contributed by atoms with Crippen LogP contribution in [-0.2, 0) is 25.8 Å². The van der Waals surface area contributed by atoms with Crippen LogP contribution in [0.3, 0.4) is 0 Å². The minimum absolute atomic E-state index is 0.0495. The van der Waals surface area contributed by atoms with Crippen molar-refractivity contribution in [1.29, 1.82) is 0 Å². The van der Waals surface area contributed by atoms with E-state index in [1.165, 1.54) is 34.1 Å². The number of amides is 3. The summed E-state index contributed by atoms with van der Waals surface area (Å²) in [5.74, 6) is -0.0224. The van der Waals surface area contributed by atoms with E-state index in [1.807, 2.05) is 17.9 Å². The number of hydrogen-bond donors (Lipinski definition) is 1. The number of halogens is 4. The van der Waals surface area contributed by atoms with Crippen LogP contribution in [0.25, 0.3) is 0 Å². The Hall–Kier alpha value is -4.29. The Morgan fingerprint density at radius 1 is 1.05 bits per heavy atom. The highest BCUT2D eigenvalue weighted by Crippen LogP contribution is 2.37. The summed E-state index contributed by atoms with van der Waals surface area (Å²) in [6.07, 6.45) is -2.06. The lowest BCUT2D eigenvalue weighted by atomic mass is 10.00. The number of piperidine rings is 1. The van der Waals surface area contributed by atoms with Gasteiger partial charge in [0.1, 0.15) is 5.82 Å². The van der Waals surface area contributed by atoms with Crippen molar-refractivity contribution >= 4 is 23.6 Å². The number of likely N-dealkylation sites (tertiary alicyclic amines) is 1. The van der Waals surface area contributed by atoms with Crippen LogP contribution < -0.4 is 9.80 Å². The maximum atomic E-state index is 14.6. The molecule has 2 saturated heterocycles. The fraction of sp³-hybridized carbons (Fsp3) is 0.433. The SMILES string of the molecule is Cc1cccc(F)c1N1CCC(N2Cc3cn(C[C@@H]4CCN4C(=O)O)nc3N(Cc3ccccc3C(F)(F)F)C2=O)CC1. The number of anilines is 2.